The second-order valence-corrected chi connectivity index (χ2v) is 26.5. The molecule has 0 spiro atoms. The van der Waals surface area contributed by atoms with Crippen molar-refractivity contribution in [2.75, 3.05) is 32.7 Å². The van der Waals surface area contributed by atoms with Crippen LogP contribution in [0.1, 0.15) is 87.1 Å². The number of allylic oxidation sites excluding steroid dienone is 2. The summed E-state index contributed by atoms with van der Waals surface area (Å²) >= 11 is 1.62. The van der Waals surface area contributed by atoms with E-state index in [9.17, 15) is 14.2 Å². The van der Waals surface area contributed by atoms with Gasteiger partial charge in [-0.3, -0.25) is 0 Å². The Kier molecular flexibility index (Phi) is 33.6. The Bertz CT molecular complexity index is 1140. The first kappa shape index (κ1) is 57.7. The molecule has 0 amide bonds. The molecule has 1 aromatic rings. The van der Waals surface area contributed by atoms with Gasteiger partial charge in [-0.1, -0.05) is 106 Å². The molecule has 5 aliphatic rings. The van der Waals surface area contributed by atoms with Crippen LogP contribution in [0.4, 0.5) is 8.78 Å². The Balaban J connectivity index is 0. The summed E-state index contributed by atoms with van der Waals surface area (Å²) < 4.78 is 26.8. The molecule has 6 rings (SSSR count). The summed E-state index contributed by atoms with van der Waals surface area (Å²) in [6.45, 7) is 25.9. The second-order valence-electron chi connectivity index (χ2n) is 14.0. The average Bonchev–Trinajstić information content (AvgIpc) is 3.89. The summed E-state index contributed by atoms with van der Waals surface area (Å²) in [4.78, 5) is 4.00. The van der Waals surface area contributed by atoms with Crippen LogP contribution in [-0.4, -0.2) is 58.9 Å². The Morgan fingerprint density at radius 2 is 1.09 bits per heavy atom. The van der Waals surface area contributed by atoms with Gasteiger partial charge < -0.3 is 30.1 Å². The molecular weight excluding hydrogens is 898 g/mol. The summed E-state index contributed by atoms with van der Waals surface area (Å²) in [5.41, 5.74) is -0.315. The number of hydrogen-bond acceptors (Lipinski definition) is 3. The fourth-order valence-electron chi connectivity index (χ4n) is 7.66. The minimum Gasteiger partial charge on any atom is -0.468 e. The van der Waals surface area contributed by atoms with E-state index in [0.717, 1.165) is 89.2 Å². The van der Waals surface area contributed by atoms with Crippen LogP contribution in [0.5, 0.6) is 0 Å². The van der Waals surface area contributed by atoms with Gasteiger partial charge in [0.25, 0.3) is 0 Å². The number of benzene rings is 1. The largest absolute Gasteiger partial charge is 0.468 e. The molecule has 1 saturated heterocycles. The number of nitrogens with zero attached hydrogens (tertiary/aromatic N) is 3. The maximum Gasteiger partial charge on any atom is 0.133 e. The maximum absolute atomic E-state index is 13.4. The predicted octanol–water partition coefficient (Wildman–Crippen LogP) is 14.8. The van der Waals surface area contributed by atoms with E-state index >= 15 is 0 Å². The number of hydrogen-bond donors (Lipinski definition) is 0. The van der Waals surface area contributed by atoms with Crippen LogP contribution in [0, 0.1) is 73.8 Å². The molecule has 14 heteroatoms. The summed E-state index contributed by atoms with van der Waals surface area (Å²) in [7, 11) is 24.7. The van der Waals surface area contributed by atoms with Gasteiger partial charge in [-0.05, 0) is 103 Å². The number of piperidine rings is 1. The van der Waals surface area contributed by atoms with Crippen molar-refractivity contribution in [3.8, 4) is 0 Å². The summed E-state index contributed by atoms with van der Waals surface area (Å²) in [6, 6.07) is 3.59. The van der Waals surface area contributed by atoms with E-state index in [0.29, 0.717) is 13.1 Å². The van der Waals surface area contributed by atoms with Crippen LogP contribution in [0.25, 0.3) is 5.41 Å². The standard InChI is InChI=1S/C12H13F2N2.2C10H16S.C6H15N.2CH3.5ClH.2Ti/c13-9-5-4-6-10(14)11(9)12(15)16-7-2-1-3-8-16;2*1-6-7(2)9-4-5-11-10(9)8(6)3;1-4-7(5-2)6-3;;;;;;;;;/h4-6H,1-3,7-8H2;2*4-10H,1-3H3;4-6H2,1-3H3;2*1H3;5*1H;;/q-1;;;;2*-1;;;;;;+2;+4/p-5. The van der Waals surface area contributed by atoms with Gasteiger partial charge in [0.15, 0.2) is 0 Å². The number of thioether (sulfide) groups is 2. The monoisotopic (exact) mass is 961 g/mol. The van der Waals surface area contributed by atoms with E-state index in [4.69, 9.17) is 46.5 Å². The normalized spacial score (nSPS) is 29.3. The Labute approximate surface area is 373 Å². The van der Waals surface area contributed by atoms with Crippen molar-refractivity contribution in [2.24, 2.45) is 47.3 Å². The van der Waals surface area contributed by atoms with E-state index in [1.165, 1.54) is 25.7 Å². The molecule has 3 fully saturated rings. The number of likely N-dealkylation sites (tertiary alicyclic amines) is 1. The smallest absolute Gasteiger partial charge is 0.133 e. The van der Waals surface area contributed by atoms with Crippen molar-refractivity contribution < 1.29 is 40.5 Å². The second kappa shape index (κ2) is 31.4. The Morgan fingerprint density at radius 3 is 1.39 bits per heavy atom. The molecule has 0 aromatic heterocycles. The van der Waals surface area contributed by atoms with E-state index in [1.54, 1.807) is 4.90 Å². The van der Waals surface area contributed by atoms with Crippen LogP contribution < -0.4 is 0 Å². The zero-order chi connectivity index (χ0) is 39.5. The number of halogens is 7. The molecule has 0 bridgehead atoms. The predicted molar refractivity (Wildman–Crippen MR) is 238 cm³/mol. The van der Waals surface area contributed by atoms with Crippen LogP contribution in [0.15, 0.2) is 41.2 Å². The first-order chi connectivity index (χ1) is 24.6. The van der Waals surface area contributed by atoms with Gasteiger partial charge in [0.05, 0.1) is 0 Å². The molecule has 2 saturated carbocycles. The molecule has 2 aliphatic carbocycles. The SMILES string of the molecule is CC1C(C)C2C=CSC2C1C.CC1C(C)C2C=CSC2C1C.CCN(CC)CC.[CH3-].[CH3-].[Cl][Ti+]([Cl])[Cl].[Cl][Ti][Cl].[N-]=C(c1c(F)cccc1F)N1CCCCC1. The quantitative estimate of drug-likeness (QED) is 0.130. The third-order valence-electron chi connectivity index (χ3n) is 11.6. The first-order valence-corrected chi connectivity index (χ1v) is 31.2. The van der Waals surface area contributed by atoms with Gasteiger partial charge in [-0.15, -0.1) is 23.5 Å². The molecule has 0 N–H and O–H groups in total. The van der Waals surface area contributed by atoms with Crippen molar-refractivity contribution in [2.45, 2.75) is 92.1 Å². The number of fused-ring (bicyclic) bond motifs is 2. The minimum atomic E-state index is -1.92. The third-order valence-corrected chi connectivity index (χ3v) is 14.3. The maximum atomic E-state index is 13.4. The summed E-state index contributed by atoms with van der Waals surface area (Å²) in [5.74, 6) is 5.51. The Morgan fingerprint density at radius 1 is 0.741 bits per heavy atom. The number of amidine groups is 1. The van der Waals surface area contributed by atoms with Gasteiger partial charge in [-0.25, -0.2) is 8.78 Å². The van der Waals surface area contributed by atoms with Crippen molar-refractivity contribution in [3.05, 3.63) is 78.6 Å². The van der Waals surface area contributed by atoms with Crippen LogP contribution in [-0.2, 0) is 31.7 Å². The zero-order valence-corrected chi connectivity index (χ0v) is 42.8. The van der Waals surface area contributed by atoms with Crippen molar-refractivity contribution in [1.82, 2.24) is 9.80 Å². The van der Waals surface area contributed by atoms with Gasteiger partial charge in [0.2, 0.25) is 0 Å². The molecule has 10 unspecified atom stereocenters. The van der Waals surface area contributed by atoms with Gasteiger partial charge in [-0.2, -0.15) is 0 Å². The Hall–Kier alpha value is 1.57. The molecule has 3 nitrogen and oxygen atoms in total. The number of rotatable bonds is 4. The van der Waals surface area contributed by atoms with E-state index in [1.807, 2.05) is 23.5 Å². The van der Waals surface area contributed by atoms with Gasteiger partial charge >= 0.3 is 78.2 Å². The average molecular weight is 964 g/mol. The molecule has 54 heavy (non-hydrogen) atoms. The van der Waals surface area contributed by atoms with Gasteiger partial charge in [0, 0.05) is 16.1 Å². The molecule has 1 aromatic carbocycles. The van der Waals surface area contributed by atoms with Crippen molar-refractivity contribution in [3.63, 3.8) is 0 Å². The van der Waals surface area contributed by atoms with E-state index < -0.39 is 43.4 Å². The molecular formula is C40H66Cl5F2N3S2Ti2-2. The fourth-order valence-corrected chi connectivity index (χ4v) is 10.6. The molecule has 312 valence electrons. The van der Waals surface area contributed by atoms with Crippen LogP contribution in [0.3, 0.4) is 0 Å². The first-order valence-electron chi connectivity index (χ1n) is 18.5. The van der Waals surface area contributed by atoms with E-state index in [2.05, 4.69) is 90.2 Å². The van der Waals surface area contributed by atoms with Crippen LogP contribution in [0.2, 0.25) is 0 Å². The van der Waals surface area contributed by atoms with Crippen molar-refractivity contribution in [1.29, 1.82) is 0 Å². The van der Waals surface area contributed by atoms with Crippen LogP contribution >= 0.6 is 70.0 Å². The topological polar surface area (TPSA) is 28.8 Å². The molecule has 3 aliphatic heterocycles. The fraction of sp³-hybridized carbons (Fsp3) is 0.675. The van der Waals surface area contributed by atoms with E-state index in [-0.39, 0.29) is 26.3 Å². The molecule has 3 heterocycles. The molecule has 0 radical (unpaired) electrons. The third kappa shape index (κ3) is 18.5. The summed E-state index contributed by atoms with van der Waals surface area (Å²) in [6.07, 6.45) is 7.82. The molecule has 10 atom stereocenters. The summed E-state index contributed by atoms with van der Waals surface area (Å²) in [5, 5.41) is 16.3. The van der Waals surface area contributed by atoms with Crippen molar-refractivity contribution >= 4 is 75.9 Å². The van der Waals surface area contributed by atoms with Gasteiger partial charge in [0.1, 0.15) is 11.6 Å². The zero-order valence-electron chi connectivity index (χ0n) is 34.3. The minimum absolute atomic E-state index is 0.